The third-order valence-electron chi connectivity index (χ3n) is 4.25. The van der Waals surface area contributed by atoms with Gasteiger partial charge >= 0.3 is 0 Å². The molecule has 8 heteroatoms. The number of thiophene rings is 1. The fraction of sp³-hybridized carbons (Fsp3) is 0.0909. The van der Waals surface area contributed by atoms with Gasteiger partial charge in [-0.05, 0) is 53.4 Å². The molecule has 2 aromatic heterocycles. The zero-order chi connectivity index (χ0) is 20.9. The number of benzene rings is 2. The molecule has 0 aliphatic rings. The summed E-state index contributed by atoms with van der Waals surface area (Å²) >= 11 is 13.2. The van der Waals surface area contributed by atoms with E-state index >= 15 is 0 Å². The molecule has 1 N–H and O–H groups in total. The van der Waals surface area contributed by atoms with E-state index in [9.17, 15) is 4.79 Å². The number of hydrogen-bond donors (Lipinski definition) is 1. The smallest absolute Gasteiger partial charge is 0.265 e. The van der Waals surface area contributed by atoms with E-state index in [-0.39, 0.29) is 5.91 Å². The van der Waals surface area contributed by atoms with Gasteiger partial charge in [-0.3, -0.25) is 9.48 Å². The quantitative estimate of drug-likeness (QED) is 0.363. The summed E-state index contributed by atoms with van der Waals surface area (Å²) in [6.45, 7) is 0.975. The standard InChI is InChI=1S/C22H17Cl2N3O2S/c23-17-3-1-15(2-4-17)11-27-12-19(10-25-27)26-22(28)21-9-16(14-30-21)13-29-20-7-5-18(24)6-8-20/h1-10,12,14H,11,13H2,(H,26,28). The fourth-order valence-electron chi connectivity index (χ4n) is 2.75. The Balaban J connectivity index is 1.32. The number of nitrogens with one attached hydrogen (secondary N) is 1. The summed E-state index contributed by atoms with van der Waals surface area (Å²) < 4.78 is 7.48. The highest BCUT2D eigenvalue weighted by molar-refractivity contribution is 7.12. The van der Waals surface area contributed by atoms with Gasteiger partial charge in [0.25, 0.3) is 5.91 Å². The van der Waals surface area contributed by atoms with Gasteiger partial charge in [0.15, 0.2) is 0 Å². The number of carbonyl (C=O) groups is 1. The summed E-state index contributed by atoms with van der Waals surface area (Å²) in [7, 11) is 0. The minimum atomic E-state index is -0.177. The van der Waals surface area contributed by atoms with Gasteiger partial charge in [-0.1, -0.05) is 35.3 Å². The molecule has 0 aliphatic heterocycles. The molecular weight excluding hydrogens is 441 g/mol. The van der Waals surface area contributed by atoms with Crippen molar-refractivity contribution in [3.8, 4) is 5.75 Å². The molecule has 4 rings (SSSR count). The molecule has 0 saturated heterocycles. The van der Waals surface area contributed by atoms with Crippen molar-refractivity contribution in [2.75, 3.05) is 5.32 Å². The average molecular weight is 458 g/mol. The lowest BCUT2D eigenvalue weighted by Crippen LogP contribution is -2.09. The topological polar surface area (TPSA) is 56.2 Å². The number of aromatic nitrogens is 2. The van der Waals surface area contributed by atoms with Crippen molar-refractivity contribution in [1.82, 2.24) is 9.78 Å². The minimum Gasteiger partial charge on any atom is -0.489 e. The highest BCUT2D eigenvalue weighted by Crippen LogP contribution is 2.21. The lowest BCUT2D eigenvalue weighted by atomic mass is 10.2. The van der Waals surface area contributed by atoms with Gasteiger partial charge in [-0.25, -0.2) is 0 Å². The van der Waals surface area contributed by atoms with Crippen molar-refractivity contribution in [3.05, 3.63) is 98.4 Å². The van der Waals surface area contributed by atoms with Crippen LogP contribution < -0.4 is 10.1 Å². The summed E-state index contributed by atoms with van der Waals surface area (Å²) in [4.78, 5) is 13.1. The number of halogens is 2. The van der Waals surface area contributed by atoms with Crippen LogP contribution in [0.25, 0.3) is 0 Å². The minimum absolute atomic E-state index is 0.177. The Morgan fingerprint density at radius 2 is 1.73 bits per heavy atom. The lowest BCUT2D eigenvalue weighted by molar-refractivity contribution is 0.103. The van der Waals surface area contributed by atoms with Gasteiger partial charge in [0, 0.05) is 21.8 Å². The van der Waals surface area contributed by atoms with E-state index in [0.29, 0.717) is 33.8 Å². The van der Waals surface area contributed by atoms with Crippen LogP contribution in [0.1, 0.15) is 20.8 Å². The Hall–Kier alpha value is -2.80. The molecule has 2 heterocycles. The van der Waals surface area contributed by atoms with Crippen LogP contribution in [0.3, 0.4) is 0 Å². The molecular formula is C22H17Cl2N3O2S. The zero-order valence-electron chi connectivity index (χ0n) is 15.7. The third kappa shape index (κ3) is 5.42. The van der Waals surface area contributed by atoms with Crippen molar-refractivity contribution in [3.63, 3.8) is 0 Å². The molecule has 30 heavy (non-hydrogen) atoms. The van der Waals surface area contributed by atoms with Crippen molar-refractivity contribution in [2.45, 2.75) is 13.2 Å². The molecule has 0 atom stereocenters. The molecule has 0 fully saturated rings. The molecule has 0 spiro atoms. The van der Waals surface area contributed by atoms with Gasteiger partial charge in [0.2, 0.25) is 0 Å². The maximum Gasteiger partial charge on any atom is 0.265 e. The monoisotopic (exact) mass is 457 g/mol. The average Bonchev–Trinajstić information content (AvgIpc) is 3.39. The predicted molar refractivity (Wildman–Crippen MR) is 121 cm³/mol. The maximum absolute atomic E-state index is 12.5. The Labute approximate surface area is 187 Å². The lowest BCUT2D eigenvalue weighted by Gasteiger charge is -2.04. The van der Waals surface area contributed by atoms with Crippen LogP contribution in [-0.2, 0) is 13.2 Å². The van der Waals surface area contributed by atoms with Crippen LogP contribution in [0.4, 0.5) is 5.69 Å². The Kier molecular flexibility index (Phi) is 6.38. The van der Waals surface area contributed by atoms with Gasteiger partial charge in [0.05, 0.1) is 23.3 Å². The number of ether oxygens (including phenoxy) is 1. The highest BCUT2D eigenvalue weighted by Gasteiger charge is 2.11. The van der Waals surface area contributed by atoms with E-state index in [0.717, 1.165) is 16.9 Å². The number of anilines is 1. The first kappa shape index (κ1) is 20.5. The summed E-state index contributed by atoms with van der Waals surface area (Å²) in [6, 6.07) is 16.6. The molecule has 0 saturated carbocycles. The number of nitrogens with zero attached hydrogens (tertiary/aromatic N) is 2. The third-order valence-corrected chi connectivity index (χ3v) is 5.73. The summed E-state index contributed by atoms with van der Waals surface area (Å²) in [5, 5.41) is 10.4. The number of amides is 1. The summed E-state index contributed by atoms with van der Waals surface area (Å²) in [5.74, 6) is 0.550. The van der Waals surface area contributed by atoms with E-state index in [1.54, 1.807) is 29.2 Å². The Bertz CT molecular complexity index is 1140. The molecule has 5 nitrogen and oxygen atoms in total. The molecule has 0 unspecified atom stereocenters. The molecule has 152 valence electrons. The highest BCUT2D eigenvalue weighted by atomic mass is 35.5. The van der Waals surface area contributed by atoms with Crippen molar-refractivity contribution in [1.29, 1.82) is 0 Å². The maximum atomic E-state index is 12.5. The fourth-order valence-corrected chi connectivity index (χ4v) is 3.80. The van der Waals surface area contributed by atoms with Gasteiger partial charge < -0.3 is 10.1 Å². The van der Waals surface area contributed by atoms with Crippen LogP contribution in [0.15, 0.2) is 72.4 Å². The van der Waals surface area contributed by atoms with E-state index in [2.05, 4.69) is 10.4 Å². The SMILES string of the molecule is O=C(Nc1cnn(Cc2ccc(Cl)cc2)c1)c1cc(COc2ccc(Cl)cc2)cs1. The second-order valence-electron chi connectivity index (χ2n) is 6.57. The number of hydrogen-bond acceptors (Lipinski definition) is 4. The first-order valence-electron chi connectivity index (χ1n) is 9.09. The van der Waals surface area contributed by atoms with E-state index < -0.39 is 0 Å². The summed E-state index contributed by atoms with van der Waals surface area (Å²) in [5.41, 5.74) is 2.64. The largest absolute Gasteiger partial charge is 0.489 e. The van der Waals surface area contributed by atoms with E-state index in [1.807, 2.05) is 47.8 Å². The molecule has 0 bridgehead atoms. The zero-order valence-corrected chi connectivity index (χ0v) is 18.0. The van der Waals surface area contributed by atoms with Crippen molar-refractivity contribution in [2.24, 2.45) is 0 Å². The number of carbonyl (C=O) groups excluding carboxylic acids is 1. The molecule has 1 amide bonds. The van der Waals surface area contributed by atoms with E-state index in [1.165, 1.54) is 11.3 Å². The molecule has 4 aromatic rings. The molecule has 2 aromatic carbocycles. The predicted octanol–water partition coefficient (Wildman–Crippen LogP) is 6.13. The second-order valence-corrected chi connectivity index (χ2v) is 8.35. The van der Waals surface area contributed by atoms with E-state index in [4.69, 9.17) is 27.9 Å². The first-order valence-corrected chi connectivity index (χ1v) is 10.7. The van der Waals surface area contributed by atoms with Crippen molar-refractivity contribution < 1.29 is 9.53 Å². The second kappa shape index (κ2) is 9.34. The van der Waals surface area contributed by atoms with Crippen LogP contribution in [-0.4, -0.2) is 15.7 Å². The Morgan fingerprint density at radius 3 is 2.47 bits per heavy atom. The van der Waals surface area contributed by atoms with Crippen LogP contribution in [0, 0.1) is 0 Å². The Morgan fingerprint density at radius 1 is 1.03 bits per heavy atom. The van der Waals surface area contributed by atoms with Crippen LogP contribution in [0.5, 0.6) is 5.75 Å². The van der Waals surface area contributed by atoms with Gasteiger partial charge in [-0.2, -0.15) is 5.10 Å². The van der Waals surface area contributed by atoms with Gasteiger partial charge in [-0.15, -0.1) is 11.3 Å². The number of rotatable bonds is 7. The normalized spacial score (nSPS) is 10.7. The van der Waals surface area contributed by atoms with Gasteiger partial charge in [0.1, 0.15) is 12.4 Å². The van der Waals surface area contributed by atoms with Crippen molar-refractivity contribution >= 4 is 46.1 Å². The first-order chi connectivity index (χ1) is 14.5. The summed E-state index contributed by atoms with van der Waals surface area (Å²) in [6.07, 6.45) is 3.43. The molecule has 0 radical (unpaired) electrons. The molecule has 0 aliphatic carbocycles. The van der Waals surface area contributed by atoms with Crippen LogP contribution >= 0.6 is 34.5 Å². The van der Waals surface area contributed by atoms with Crippen LogP contribution in [0.2, 0.25) is 10.0 Å².